The molecule has 1 aliphatic carbocycles. The minimum absolute atomic E-state index is 0.141. The van der Waals surface area contributed by atoms with Crippen LogP contribution >= 0.6 is 11.3 Å². The molecule has 4 nitrogen and oxygen atoms in total. The van der Waals surface area contributed by atoms with Crippen molar-refractivity contribution in [3.8, 4) is 0 Å². The highest BCUT2D eigenvalue weighted by Gasteiger charge is 2.44. The monoisotopic (exact) mass is 310 g/mol. The minimum Gasteiger partial charge on any atom is -0.353 e. The number of nitrogens with one attached hydrogen (secondary N) is 1. The second-order valence-electron chi connectivity index (χ2n) is 5.96. The molecule has 114 valence electrons. The zero-order valence-electron chi connectivity index (χ0n) is 11.8. The summed E-state index contributed by atoms with van der Waals surface area (Å²) in [6, 6.07) is 1.73. The Labute approximate surface area is 127 Å². The van der Waals surface area contributed by atoms with E-state index in [1.54, 1.807) is 11.4 Å². The molecule has 1 atom stereocenters. The molecule has 0 spiro atoms. The van der Waals surface area contributed by atoms with Crippen LogP contribution in [0.4, 0.5) is 4.39 Å². The predicted molar refractivity (Wildman–Crippen MR) is 79.0 cm³/mol. The number of alkyl halides is 1. The van der Waals surface area contributed by atoms with E-state index in [2.05, 4.69) is 5.32 Å². The van der Waals surface area contributed by atoms with Crippen molar-refractivity contribution in [2.24, 2.45) is 5.92 Å². The van der Waals surface area contributed by atoms with Gasteiger partial charge in [-0.2, -0.15) is 11.3 Å². The van der Waals surface area contributed by atoms with Gasteiger partial charge in [0.1, 0.15) is 0 Å². The van der Waals surface area contributed by atoms with Crippen molar-refractivity contribution in [1.29, 1.82) is 0 Å². The van der Waals surface area contributed by atoms with Gasteiger partial charge in [0.25, 0.3) is 11.8 Å². The van der Waals surface area contributed by atoms with Crippen LogP contribution in [0.25, 0.3) is 0 Å². The molecule has 2 heterocycles. The first-order valence-corrected chi connectivity index (χ1v) is 8.31. The van der Waals surface area contributed by atoms with E-state index in [0.29, 0.717) is 31.0 Å². The van der Waals surface area contributed by atoms with Crippen molar-refractivity contribution in [3.63, 3.8) is 0 Å². The Morgan fingerprint density at radius 2 is 2.29 bits per heavy atom. The van der Waals surface area contributed by atoms with Crippen LogP contribution in [0.5, 0.6) is 0 Å². The zero-order chi connectivity index (χ0) is 14.9. The molecule has 2 fully saturated rings. The van der Waals surface area contributed by atoms with E-state index in [0.717, 1.165) is 12.8 Å². The van der Waals surface area contributed by atoms with Gasteiger partial charge < -0.3 is 10.2 Å². The molecular formula is C15H19FN2O2S. The molecule has 1 unspecified atom stereocenters. The molecule has 1 aliphatic heterocycles. The maximum atomic E-state index is 14.9. The lowest BCUT2D eigenvalue weighted by atomic mass is 9.93. The summed E-state index contributed by atoms with van der Waals surface area (Å²) >= 11 is 1.44. The quantitative estimate of drug-likeness (QED) is 0.927. The van der Waals surface area contributed by atoms with Gasteiger partial charge in [-0.3, -0.25) is 9.59 Å². The molecule has 0 aromatic carbocycles. The Balaban J connectivity index is 1.63. The van der Waals surface area contributed by atoms with Gasteiger partial charge in [-0.05, 0) is 43.0 Å². The van der Waals surface area contributed by atoms with Crippen LogP contribution in [0.1, 0.15) is 36.0 Å². The van der Waals surface area contributed by atoms with E-state index >= 15 is 0 Å². The molecule has 1 saturated heterocycles. The second-order valence-corrected chi connectivity index (χ2v) is 6.74. The average molecular weight is 310 g/mol. The van der Waals surface area contributed by atoms with E-state index in [1.807, 2.05) is 5.38 Å². The fourth-order valence-electron chi connectivity index (χ4n) is 2.66. The molecule has 3 rings (SSSR count). The molecule has 1 saturated carbocycles. The maximum Gasteiger partial charge on any atom is 0.259 e. The lowest BCUT2D eigenvalue weighted by Crippen LogP contribution is -2.55. The van der Waals surface area contributed by atoms with Crippen LogP contribution in [0, 0.1) is 5.92 Å². The summed E-state index contributed by atoms with van der Waals surface area (Å²) in [5.41, 5.74) is -1.37. The number of hydrogen-bond acceptors (Lipinski definition) is 3. The van der Waals surface area contributed by atoms with Crippen molar-refractivity contribution in [1.82, 2.24) is 10.2 Å². The zero-order valence-corrected chi connectivity index (χ0v) is 12.6. The van der Waals surface area contributed by atoms with Gasteiger partial charge in [0.05, 0.1) is 12.1 Å². The van der Waals surface area contributed by atoms with Crippen molar-refractivity contribution >= 4 is 23.2 Å². The van der Waals surface area contributed by atoms with Crippen LogP contribution < -0.4 is 5.32 Å². The lowest BCUT2D eigenvalue weighted by Gasteiger charge is -2.36. The summed E-state index contributed by atoms with van der Waals surface area (Å²) < 4.78 is 14.9. The normalized spacial score (nSPS) is 25.7. The second kappa shape index (κ2) is 5.75. The number of piperidine rings is 1. The van der Waals surface area contributed by atoms with Crippen LogP contribution in [-0.2, 0) is 4.79 Å². The topological polar surface area (TPSA) is 49.4 Å². The summed E-state index contributed by atoms with van der Waals surface area (Å²) in [6.45, 7) is 0.928. The summed E-state index contributed by atoms with van der Waals surface area (Å²) in [7, 11) is 0. The maximum absolute atomic E-state index is 14.9. The average Bonchev–Trinajstić information content (AvgIpc) is 3.15. The SMILES string of the molecule is O=C(c1ccsc1)N1CCCC(F)(C(=O)NCC2CC2)C1. The Morgan fingerprint density at radius 1 is 1.48 bits per heavy atom. The van der Waals surface area contributed by atoms with Gasteiger partial charge in [0, 0.05) is 18.5 Å². The number of hydrogen-bond donors (Lipinski definition) is 1. The van der Waals surface area contributed by atoms with Crippen LogP contribution in [-0.4, -0.2) is 42.0 Å². The number of carbonyl (C=O) groups is 2. The van der Waals surface area contributed by atoms with E-state index in [1.165, 1.54) is 16.2 Å². The van der Waals surface area contributed by atoms with Gasteiger partial charge >= 0.3 is 0 Å². The Hall–Kier alpha value is -1.43. The molecule has 0 bridgehead atoms. The third-order valence-corrected chi connectivity index (χ3v) is 4.84. The van der Waals surface area contributed by atoms with Crippen LogP contribution in [0.3, 0.4) is 0 Å². The van der Waals surface area contributed by atoms with E-state index in [-0.39, 0.29) is 18.9 Å². The van der Waals surface area contributed by atoms with Crippen molar-refractivity contribution in [2.75, 3.05) is 19.6 Å². The number of rotatable bonds is 4. The van der Waals surface area contributed by atoms with E-state index in [9.17, 15) is 14.0 Å². The smallest absolute Gasteiger partial charge is 0.259 e. The van der Waals surface area contributed by atoms with Gasteiger partial charge in [-0.25, -0.2) is 4.39 Å². The number of nitrogens with zero attached hydrogens (tertiary/aromatic N) is 1. The number of thiophene rings is 1. The van der Waals surface area contributed by atoms with Crippen LogP contribution in [0.2, 0.25) is 0 Å². The number of halogens is 1. The minimum atomic E-state index is -1.95. The summed E-state index contributed by atoms with van der Waals surface area (Å²) in [4.78, 5) is 25.8. The molecule has 1 N–H and O–H groups in total. The van der Waals surface area contributed by atoms with E-state index in [4.69, 9.17) is 0 Å². The summed E-state index contributed by atoms with van der Waals surface area (Å²) in [5.74, 6) is -0.227. The molecular weight excluding hydrogens is 291 g/mol. The van der Waals surface area contributed by atoms with E-state index < -0.39 is 11.6 Å². The van der Waals surface area contributed by atoms with Gasteiger partial charge in [0.2, 0.25) is 5.67 Å². The fraction of sp³-hybridized carbons (Fsp3) is 0.600. The molecule has 2 aliphatic rings. The molecule has 6 heteroatoms. The van der Waals surface area contributed by atoms with Crippen LogP contribution in [0.15, 0.2) is 16.8 Å². The summed E-state index contributed by atoms with van der Waals surface area (Å²) in [5, 5.41) is 6.27. The first kappa shape index (κ1) is 14.5. The van der Waals surface area contributed by atoms with Crippen molar-refractivity contribution in [3.05, 3.63) is 22.4 Å². The van der Waals surface area contributed by atoms with Crippen molar-refractivity contribution in [2.45, 2.75) is 31.4 Å². The first-order chi connectivity index (χ1) is 10.1. The highest BCUT2D eigenvalue weighted by molar-refractivity contribution is 7.08. The molecule has 2 amide bonds. The Kier molecular flexibility index (Phi) is 3.97. The molecule has 0 radical (unpaired) electrons. The van der Waals surface area contributed by atoms with Gasteiger partial charge in [-0.15, -0.1) is 0 Å². The fourth-order valence-corrected chi connectivity index (χ4v) is 3.29. The van der Waals surface area contributed by atoms with Crippen molar-refractivity contribution < 1.29 is 14.0 Å². The third kappa shape index (κ3) is 3.26. The highest BCUT2D eigenvalue weighted by atomic mass is 32.1. The Morgan fingerprint density at radius 3 is 2.95 bits per heavy atom. The van der Waals surface area contributed by atoms with Gasteiger partial charge in [-0.1, -0.05) is 0 Å². The summed E-state index contributed by atoms with van der Waals surface area (Å²) in [6.07, 6.45) is 2.94. The standard InChI is InChI=1S/C15H19FN2O2S/c16-15(14(20)17-8-11-2-3-11)5-1-6-18(10-15)13(19)12-4-7-21-9-12/h4,7,9,11H,1-3,5-6,8,10H2,(H,17,20). The first-order valence-electron chi connectivity index (χ1n) is 7.37. The Bertz CT molecular complexity index is 530. The number of carbonyl (C=O) groups excluding carboxylic acids is 2. The molecule has 1 aromatic rings. The largest absolute Gasteiger partial charge is 0.353 e. The number of likely N-dealkylation sites (tertiary alicyclic amines) is 1. The van der Waals surface area contributed by atoms with Gasteiger partial charge in [0.15, 0.2) is 0 Å². The molecule has 1 aromatic heterocycles. The predicted octanol–water partition coefficient (Wildman–Crippen LogP) is 2.22. The highest BCUT2D eigenvalue weighted by Crippen LogP contribution is 2.30. The lowest BCUT2D eigenvalue weighted by molar-refractivity contribution is -0.135. The number of amides is 2. The third-order valence-electron chi connectivity index (χ3n) is 4.15. The molecule has 21 heavy (non-hydrogen) atoms.